The van der Waals surface area contributed by atoms with E-state index in [9.17, 15) is 0 Å². The van der Waals surface area contributed by atoms with Gasteiger partial charge in [-0.1, -0.05) is 0 Å². The van der Waals surface area contributed by atoms with Crippen molar-refractivity contribution in [2.45, 2.75) is 18.5 Å². The van der Waals surface area contributed by atoms with Gasteiger partial charge in [0.15, 0.2) is 0 Å². The first-order valence-electron chi connectivity index (χ1n) is 10.4. The van der Waals surface area contributed by atoms with Crippen molar-refractivity contribution in [3.05, 3.63) is 18.2 Å². The van der Waals surface area contributed by atoms with E-state index in [0.29, 0.717) is 19.6 Å². The van der Waals surface area contributed by atoms with Gasteiger partial charge in [-0.2, -0.15) is 0 Å². The van der Waals surface area contributed by atoms with Gasteiger partial charge in [-0.05, 0) is 12.1 Å². The molecule has 1 aromatic carbocycles. The Bertz CT molecular complexity index is 624. The van der Waals surface area contributed by atoms with Crippen molar-refractivity contribution >= 4 is 17.1 Å². The third-order valence-corrected chi connectivity index (χ3v) is 6.13. The van der Waals surface area contributed by atoms with Gasteiger partial charge >= 0.3 is 0 Å². The van der Waals surface area contributed by atoms with Gasteiger partial charge < -0.3 is 31.9 Å². The summed E-state index contributed by atoms with van der Waals surface area (Å²) in [5.41, 5.74) is 22.1. The van der Waals surface area contributed by atoms with E-state index in [4.69, 9.17) is 34.7 Å². The minimum Gasteiger partial charge on any atom is -0.353 e. The minimum absolute atomic E-state index is 0.198. The van der Waals surface area contributed by atoms with E-state index in [0.717, 1.165) is 56.3 Å². The van der Waals surface area contributed by atoms with Gasteiger partial charge in [0.05, 0.1) is 29.9 Å². The first-order valence-corrected chi connectivity index (χ1v) is 10.4. The van der Waals surface area contributed by atoms with Crippen molar-refractivity contribution < 1.29 is 0 Å². The van der Waals surface area contributed by atoms with E-state index in [2.05, 4.69) is 32.9 Å². The first-order chi connectivity index (χ1) is 14.3. The summed E-state index contributed by atoms with van der Waals surface area (Å²) in [7, 11) is 0. The van der Waals surface area contributed by atoms with E-state index < -0.39 is 0 Å². The quantitative estimate of drug-likeness (QED) is 0.265. The Hall–Kier alpha value is -1.74. The number of benzene rings is 1. The molecule has 1 aromatic rings. The average molecular weight is 420 g/mol. The molecule has 3 aliphatic heterocycles. The predicted octanol–water partition coefficient (Wildman–Crippen LogP) is -3.67. The molecule has 12 heteroatoms. The fourth-order valence-electron chi connectivity index (χ4n) is 4.42. The van der Waals surface area contributed by atoms with E-state index in [-0.39, 0.29) is 18.5 Å². The Morgan fingerprint density at radius 2 is 0.967 bits per heavy atom. The second-order valence-electron chi connectivity index (χ2n) is 8.38. The highest BCUT2D eigenvalue weighted by Gasteiger charge is 2.29. The third-order valence-electron chi connectivity index (χ3n) is 6.13. The van der Waals surface area contributed by atoms with Crippen molar-refractivity contribution in [2.24, 2.45) is 34.7 Å². The summed E-state index contributed by atoms with van der Waals surface area (Å²) in [6.45, 7) is 6.17. The highest BCUT2D eigenvalue weighted by Crippen LogP contribution is 2.32. The van der Waals surface area contributed by atoms with Crippen molar-refractivity contribution in [3.63, 3.8) is 0 Å². The molecule has 3 unspecified atom stereocenters. The number of nitrogens with zero attached hydrogens (tertiary/aromatic N) is 6. The molecule has 0 spiro atoms. The van der Waals surface area contributed by atoms with Crippen LogP contribution in [0.2, 0.25) is 0 Å². The van der Waals surface area contributed by atoms with Crippen LogP contribution in [0.15, 0.2) is 12.1 Å². The number of hydrogen-bond donors (Lipinski definition) is 6. The van der Waals surface area contributed by atoms with Gasteiger partial charge in [-0.15, -0.1) is 0 Å². The van der Waals surface area contributed by atoms with Crippen molar-refractivity contribution in [1.29, 1.82) is 0 Å². The lowest BCUT2D eigenvalue weighted by atomic mass is 10.1. The van der Waals surface area contributed by atoms with Gasteiger partial charge in [0.2, 0.25) is 0 Å². The molecule has 12 N–H and O–H groups in total. The lowest BCUT2D eigenvalue weighted by Gasteiger charge is -2.43. The Morgan fingerprint density at radius 1 is 0.600 bits per heavy atom. The first kappa shape index (κ1) is 21.5. The van der Waals surface area contributed by atoms with Gasteiger partial charge in [-0.3, -0.25) is 17.5 Å². The molecular weight excluding hydrogens is 384 g/mol. The molecule has 0 aliphatic carbocycles. The molecule has 1 radical (unpaired) electrons. The largest absolute Gasteiger partial charge is 0.353 e. The Morgan fingerprint density at radius 3 is 1.33 bits per heavy atom. The zero-order valence-electron chi connectivity index (χ0n) is 17.4. The van der Waals surface area contributed by atoms with Crippen LogP contribution >= 0.6 is 0 Å². The van der Waals surface area contributed by atoms with E-state index in [1.165, 1.54) is 0 Å². The van der Waals surface area contributed by atoms with Gasteiger partial charge in [0.1, 0.15) is 0 Å². The summed E-state index contributed by atoms with van der Waals surface area (Å²) in [6.07, 6.45) is -0.629. The van der Waals surface area contributed by atoms with E-state index in [1.54, 1.807) is 15.0 Å². The lowest BCUT2D eigenvalue weighted by Crippen LogP contribution is -2.60. The smallest absolute Gasteiger partial charge is 0.0914 e. The molecule has 0 saturated carbocycles. The topological polar surface area (TPSA) is 176 Å². The number of hydrazine groups is 3. The highest BCUT2D eigenvalue weighted by atomic mass is 15.5. The van der Waals surface area contributed by atoms with E-state index in [1.807, 2.05) is 0 Å². The molecule has 167 valence electrons. The van der Waals surface area contributed by atoms with Crippen LogP contribution in [0.3, 0.4) is 0 Å². The predicted molar refractivity (Wildman–Crippen MR) is 119 cm³/mol. The van der Waals surface area contributed by atoms with Crippen LogP contribution in [0.5, 0.6) is 0 Å². The SMILES string of the molecule is NC1CN(N)CCN1c1[c]c(N2CCN(N)CC2N)cc(N2CCN(N)CC2N)c1. The molecule has 0 amide bonds. The van der Waals surface area contributed by atoms with Crippen LogP contribution in [0.25, 0.3) is 0 Å². The number of rotatable bonds is 3. The molecular formula is C18H35N12. The highest BCUT2D eigenvalue weighted by molar-refractivity contribution is 5.70. The molecule has 12 nitrogen and oxygen atoms in total. The van der Waals surface area contributed by atoms with E-state index >= 15 is 0 Å². The Kier molecular flexibility index (Phi) is 6.29. The van der Waals surface area contributed by atoms with Gasteiger partial charge in [0, 0.05) is 70.7 Å². The van der Waals surface area contributed by atoms with Crippen LogP contribution in [-0.4, -0.2) is 92.4 Å². The van der Waals surface area contributed by atoms with Crippen LogP contribution in [0.4, 0.5) is 17.1 Å². The maximum absolute atomic E-state index is 6.42. The normalized spacial score (nSPS) is 30.2. The fraction of sp³-hybridized carbons (Fsp3) is 0.667. The second-order valence-corrected chi connectivity index (χ2v) is 8.38. The molecule has 30 heavy (non-hydrogen) atoms. The van der Waals surface area contributed by atoms with Gasteiger partial charge in [-0.25, -0.2) is 15.0 Å². The fourth-order valence-corrected chi connectivity index (χ4v) is 4.42. The molecule has 0 bridgehead atoms. The summed E-state index contributed by atoms with van der Waals surface area (Å²) < 4.78 is 0. The summed E-state index contributed by atoms with van der Waals surface area (Å²) >= 11 is 0. The van der Waals surface area contributed by atoms with Crippen LogP contribution in [0, 0.1) is 6.07 Å². The Balaban J connectivity index is 1.69. The lowest BCUT2D eigenvalue weighted by molar-refractivity contribution is 0.228. The third kappa shape index (κ3) is 4.46. The summed E-state index contributed by atoms with van der Waals surface area (Å²) in [6, 6.07) is 7.75. The maximum atomic E-state index is 6.42. The molecule has 3 heterocycles. The average Bonchev–Trinajstić information content (AvgIpc) is 2.67. The second kappa shape index (κ2) is 8.78. The molecule has 0 aromatic heterocycles. The van der Waals surface area contributed by atoms with Crippen molar-refractivity contribution in [3.8, 4) is 0 Å². The number of piperazine rings is 3. The molecule has 3 saturated heterocycles. The van der Waals surface area contributed by atoms with Crippen LogP contribution < -0.4 is 49.4 Å². The van der Waals surface area contributed by atoms with Gasteiger partial charge in [0.25, 0.3) is 0 Å². The summed E-state index contributed by atoms with van der Waals surface area (Å²) in [4.78, 5) is 6.47. The molecule has 3 atom stereocenters. The number of hydrogen-bond acceptors (Lipinski definition) is 12. The zero-order valence-corrected chi connectivity index (χ0v) is 17.4. The minimum atomic E-state index is -0.216. The van der Waals surface area contributed by atoms with Crippen LogP contribution in [0.1, 0.15) is 0 Å². The number of nitrogens with two attached hydrogens (primary N) is 6. The summed E-state index contributed by atoms with van der Waals surface area (Å²) in [5.74, 6) is 17.9. The van der Waals surface area contributed by atoms with Crippen molar-refractivity contribution in [1.82, 2.24) is 15.0 Å². The molecule has 3 fully saturated rings. The monoisotopic (exact) mass is 419 g/mol. The standard InChI is InChI=1S/C18H35N12/c19-16-10-25(22)1-4-28(16)13-7-14(29-5-2-26(23)11-17(29)20)9-15(8-13)30-6-3-27(24)12-18(30)21/h7-8,16-18H,1-6,10-12,19-24H2. The van der Waals surface area contributed by atoms with Crippen LogP contribution in [-0.2, 0) is 0 Å². The maximum Gasteiger partial charge on any atom is 0.0914 e. The molecule has 3 aliphatic rings. The molecule has 4 rings (SSSR count). The summed E-state index contributed by atoms with van der Waals surface area (Å²) in [5, 5.41) is 5.25. The number of anilines is 3. The zero-order chi connectivity index (χ0) is 21.4. The Labute approximate surface area is 177 Å². The van der Waals surface area contributed by atoms with Crippen molar-refractivity contribution in [2.75, 3.05) is 73.6 Å².